The van der Waals surface area contributed by atoms with Crippen molar-refractivity contribution in [3.63, 3.8) is 0 Å². The average Bonchev–Trinajstić information content (AvgIpc) is 2.90. The summed E-state index contributed by atoms with van der Waals surface area (Å²) in [5.41, 5.74) is 3.75. The number of aliphatic hydroxyl groups excluding tert-OH is 2. The summed E-state index contributed by atoms with van der Waals surface area (Å²) in [6.07, 6.45) is 3.64. The molecule has 4 N–H and O–H groups in total. The van der Waals surface area contributed by atoms with Crippen molar-refractivity contribution >= 4 is 0 Å². The van der Waals surface area contributed by atoms with Crippen molar-refractivity contribution in [3.05, 3.63) is 25.3 Å². The van der Waals surface area contributed by atoms with Crippen LogP contribution in [0.2, 0.25) is 0 Å². The van der Waals surface area contributed by atoms with Crippen molar-refractivity contribution in [2.24, 2.45) is 5.73 Å². The van der Waals surface area contributed by atoms with Gasteiger partial charge in [0.15, 0.2) is 5.79 Å². The molecule has 0 amide bonds. The molecule has 0 saturated heterocycles. The number of rotatable bonds is 29. The summed E-state index contributed by atoms with van der Waals surface area (Å²) >= 11 is 0. The molecule has 10 nitrogen and oxygen atoms in total. The zero-order valence-corrected chi connectivity index (χ0v) is 26.4. The molecule has 0 aromatic carbocycles. The van der Waals surface area contributed by atoms with Gasteiger partial charge in [-0.1, -0.05) is 12.2 Å². The minimum Gasteiger partial charge on any atom is -0.388 e. The third kappa shape index (κ3) is 20.8. The molecule has 0 bridgehead atoms. The maximum Gasteiger partial charge on any atom is 0.230 e. The second-order valence-electron chi connectivity index (χ2n) is 11.5. The first-order valence-electron chi connectivity index (χ1n) is 14.5. The molecule has 0 heterocycles. The molecule has 0 aromatic heterocycles. The summed E-state index contributed by atoms with van der Waals surface area (Å²) in [6, 6.07) is 0. The second-order valence-corrected chi connectivity index (χ2v) is 11.5. The van der Waals surface area contributed by atoms with Crippen LogP contribution in [0.15, 0.2) is 25.3 Å². The van der Waals surface area contributed by atoms with E-state index in [0.717, 1.165) is 0 Å². The van der Waals surface area contributed by atoms with E-state index in [-0.39, 0.29) is 52.7 Å². The van der Waals surface area contributed by atoms with E-state index in [1.807, 2.05) is 13.8 Å². The van der Waals surface area contributed by atoms with Gasteiger partial charge < -0.3 is 43.4 Å². The zero-order valence-electron chi connectivity index (χ0n) is 26.4. The lowest BCUT2D eigenvalue weighted by atomic mass is 9.93. The molecule has 42 heavy (non-hydrogen) atoms. The first kappa shape index (κ1) is 40.9. The smallest absolute Gasteiger partial charge is 0.230 e. The summed E-state index contributed by atoms with van der Waals surface area (Å²) in [7, 11) is 0. The van der Waals surface area contributed by atoms with Crippen LogP contribution in [-0.2, 0) is 33.2 Å². The molecular formula is C30H57F2NO9. The highest BCUT2D eigenvalue weighted by Crippen LogP contribution is 2.31. The monoisotopic (exact) mass is 613 g/mol. The summed E-state index contributed by atoms with van der Waals surface area (Å²) in [5, 5.41) is 19.7. The Morgan fingerprint density at radius 2 is 1.14 bits per heavy atom. The number of ether oxygens (including phenoxy) is 7. The molecule has 0 aromatic rings. The van der Waals surface area contributed by atoms with Crippen molar-refractivity contribution in [2.75, 3.05) is 72.7 Å². The Labute approximate surface area is 251 Å². The topological polar surface area (TPSA) is 131 Å². The number of hydrogen-bond donors (Lipinski definition) is 3. The van der Waals surface area contributed by atoms with Crippen molar-refractivity contribution in [2.45, 2.75) is 95.4 Å². The molecule has 0 aliphatic rings. The molecule has 12 heteroatoms. The van der Waals surface area contributed by atoms with E-state index in [1.54, 1.807) is 12.2 Å². The quantitative estimate of drug-likeness (QED) is 0.0653. The van der Waals surface area contributed by atoms with Gasteiger partial charge in [-0.25, -0.2) is 8.78 Å². The Hall–Kier alpha value is -1.06. The highest BCUT2D eigenvalue weighted by Gasteiger charge is 2.45. The van der Waals surface area contributed by atoms with Crippen LogP contribution in [0.5, 0.6) is 0 Å². The van der Waals surface area contributed by atoms with Gasteiger partial charge in [0.25, 0.3) is 0 Å². The fourth-order valence-electron chi connectivity index (χ4n) is 3.26. The lowest BCUT2D eigenvalue weighted by molar-refractivity contribution is -0.222. The van der Waals surface area contributed by atoms with Crippen LogP contribution >= 0.6 is 0 Å². The molecule has 250 valence electrons. The van der Waals surface area contributed by atoms with E-state index in [2.05, 4.69) is 13.2 Å². The standard InChI is InChI=1S/C30H57F2NO9/c1-8-10-14-36-20-25(34)22-38-16-12-27(3,4)40-17-13-30(32,33)28(5,6)42-24-29(7,31)41-19-18-39-23-26(35)21-37-15-11-9-2/h8-9,25-26,34-35H,1-2,10-24,33H2,3-7H3. The molecule has 0 saturated carbocycles. The number of hydrogen-bond acceptors (Lipinski definition) is 10. The highest BCUT2D eigenvalue weighted by atomic mass is 19.2. The third-order valence-corrected chi connectivity index (χ3v) is 6.30. The van der Waals surface area contributed by atoms with Gasteiger partial charge in [-0.2, -0.15) is 0 Å². The van der Waals surface area contributed by atoms with Crippen LogP contribution < -0.4 is 5.73 Å². The molecule has 4 atom stereocenters. The van der Waals surface area contributed by atoms with Gasteiger partial charge >= 0.3 is 0 Å². The predicted octanol–water partition coefficient (Wildman–Crippen LogP) is 3.62. The fourth-order valence-corrected chi connectivity index (χ4v) is 3.26. The van der Waals surface area contributed by atoms with Gasteiger partial charge in [-0.3, -0.25) is 5.73 Å². The maximum atomic E-state index is 15.4. The van der Waals surface area contributed by atoms with Gasteiger partial charge in [0, 0.05) is 13.0 Å². The Morgan fingerprint density at radius 3 is 1.64 bits per heavy atom. The zero-order chi connectivity index (χ0) is 32.1. The van der Waals surface area contributed by atoms with Crippen LogP contribution in [0.25, 0.3) is 0 Å². The Kier molecular flexibility index (Phi) is 21.1. The van der Waals surface area contributed by atoms with E-state index in [4.69, 9.17) is 38.9 Å². The van der Waals surface area contributed by atoms with Crippen molar-refractivity contribution in [1.29, 1.82) is 0 Å². The number of alkyl halides is 2. The minimum absolute atomic E-state index is 0.00155. The van der Waals surface area contributed by atoms with Gasteiger partial charge in [0.1, 0.15) is 24.4 Å². The van der Waals surface area contributed by atoms with E-state index in [1.165, 1.54) is 20.8 Å². The van der Waals surface area contributed by atoms with Crippen LogP contribution in [0, 0.1) is 0 Å². The van der Waals surface area contributed by atoms with Crippen LogP contribution in [0.4, 0.5) is 8.78 Å². The number of aliphatic hydroxyl groups is 2. The fraction of sp³-hybridized carbons (Fsp3) is 0.867. The largest absolute Gasteiger partial charge is 0.388 e. The normalized spacial score (nSPS) is 16.9. The van der Waals surface area contributed by atoms with Gasteiger partial charge in [0.2, 0.25) is 5.85 Å². The summed E-state index contributed by atoms with van der Waals surface area (Å²) in [5.74, 6) is -4.54. The molecule has 0 fully saturated rings. The average molecular weight is 614 g/mol. The maximum absolute atomic E-state index is 15.4. The SMILES string of the molecule is C=CCCOCC(O)COCCOC(C)(F)COC(C)(C)C(N)(F)CCOC(C)(C)CCOCC(O)COCCC=C. The first-order valence-corrected chi connectivity index (χ1v) is 14.5. The lowest BCUT2D eigenvalue weighted by Crippen LogP contribution is -2.57. The van der Waals surface area contributed by atoms with E-state index in [9.17, 15) is 14.6 Å². The molecular weight excluding hydrogens is 556 g/mol. The minimum atomic E-state index is -2.32. The summed E-state index contributed by atoms with van der Waals surface area (Å²) < 4.78 is 68.1. The van der Waals surface area contributed by atoms with Gasteiger partial charge in [-0.15, -0.1) is 13.2 Å². The Bertz CT molecular complexity index is 708. The summed E-state index contributed by atoms with van der Waals surface area (Å²) in [6.45, 7) is 16.1. The van der Waals surface area contributed by atoms with Crippen molar-refractivity contribution < 1.29 is 52.2 Å². The number of halogens is 2. The number of nitrogens with two attached hydrogens (primary N) is 1. The van der Waals surface area contributed by atoms with Gasteiger partial charge in [0.05, 0.1) is 65.1 Å². The molecule has 4 unspecified atom stereocenters. The van der Waals surface area contributed by atoms with Crippen LogP contribution in [0.1, 0.15) is 60.3 Å². The molecule has 0 aliphatic heterocycles. The molecule has 0 radical (unpaired) electrons. The highest BCUT2D eigenvalue weighted by molar-refractivity contribution is 4.91. The molecule has 0 rings (SSSR count). The first-order chi connectivity index (χ1) is 19.6. The van der Waals surface area contributed by atoms with Gasteiger partial charge in [-0.05, 0) is 53.9 Å². The van der Waals surface area contributed by atoms with E-state index in [0.29, 0.717) is 39.1 Å². The Balaban J connectivity index is 4.29. The van der Waals surface area contributed by atoms with E-state index < -0.39 is 41.7 Å². The Morgan fingerprint density at radius 1 is 0.667 bits per heavy atom. The van der Waals surface area contributed by atoms with Crippen LogP contribution in [0.3, 0.4) is 0 Å². The predicted molar refractivity (Wildman–Crippen MR) is 158 cm³/mol. The molecule has 0 spiro atoms. The van der Waals surface area contributed by atoms with Crippen molar-refractivity contribution in [3.8, 4) is 0 Å². The summed E-state index contributed by atoms with van der Waals surface area (Å²) in [4.78, 5) is 0. The third-order valence-electron chi connectivity index (χ3n) is 6.30. The van der Waals surface area contributed by atoms with Crippen LogP contribution in [-0.4, -0.2) is 118 Å². The van der Waals surface area contributed by atoms with E-state index >= 15 is 4.39 Å². The second kappa shape index (κ2) is 21.6. The lowest BCUT2D eigenvalue weighted by Gasteiger charge is -2.39. The molecule has 0 aliphatic carbocycles. The van der Waals surface area contributed by atoms with Crippen molar-refractivity contribution in [1.82, 2.24) is 0 Å².